The number of aromatic amines is 1. The molecule has 0 saturated carbocycles. The van der Waals surface area contributed by atoms with Crippen LogP contribution in [0.2, 0.25) is 0 Å². The largest absolute Gasteiger partial charge is 0.493 e. The Morgan fingerprint density at radius 3 is 2.79 bits per heavy atom. The lowest BCUT2D eigenvalue weighted by Crippen LogP contribution is -2.12. The van der Waals surface area contributed by atoms with Gasteiger partial charge in [-0.1, -0.05) is 12.1 Å². The zero-order chi connectivity index (χ0) is 10.1. The number of benzene rings is 1. The van der Waals surface area contributed by atoms with E-state index >= 15 is 0 Å². The van der Waals surface area contributed by atoms with Crippen molar-refractivity contribution >= 4 is 10.9 Å². The molecule has 0 atom stereocenters. The molecule has 0 bridgehead atoms. The van der Waals surface area contributed by atoms with Gasteiger partial charge in [0, 0.05) is 5.39 Å². The van der Waals surface area contributed by atoms with Crippen LogP contribution in [0.3, 0.4) is 0 Å². The predicted molar refractivity (Wildman–Crippen MR) is 51.1 cm³/mol. The van der Waals surface area contributed by atoms with Gasteiger partial charge in [0.05, 0.1) is 12.6 Å². The number of fused-ring (bicyclic) bond motifs is 1. The highest BCUT2D eigenvalue weighted by atomic mass is 19.1. The standard InChI is InChI=1S/C10H8FNO2/c1-14-9-6-4-2-3-5-7(6)12-10(13)8(9)11/h2-5H,1H3,(H,12,13). The number of H-pyrrole nitrogens is 1. The van der Waals surface area contributed by atoms with Crippen LogP contribution in [0.1, 0.15) is 0 Å². The summed E-state index contributed by atoms with van der Waals surface area (Å²) in [5, 5.41) is 0.562. The summed E-state index contributed by atoms with van der Waals surface area (Å²) in [5.41, 5.74) is -0.198. The minimum Gasteiger partial charge on any atom is -0.493 e. The Balaban J connectivity index is 2.96. The number of pyridine rings is 1. The van der Waals surface area contributed by atoms with Crippen molar-refractivity contribution in [2.45, 2.75) is 0 Å². The molecule has 3 nitrogen and oxygen atoms in total. The summed E-state index contributed by atoms with van der Waals surface area (Å²) in [6.07, 6.45) is 0. The van der Waals surface area contributed by atoms with E-state index in [1.807, 2.05) is 0 Å². The third-order valence-electron chi connectivity index (χ3n) is 2.02. The van der Waals surface area contributed by atoms with E-state index in [9.17, 15) is 9.18 Å². The topological polar surface area (TPSA) is 42.1 Å². The van der Waals surface area contributed by atoms with Gasteiger partial charge in [-0.05, 0) is 12.1 Å². The van der Waals surface area contributed by atoms with Crippen LogP contribution in [0, 0.1) is 5.82 Å². The summed E-state index contributed by atoms with van der Waals surface area (Å²) in [5.74, 6) is -0.893. The normalized spacial score (nSPS) is 10.4. The van der Waals surface area contributed by atoms with Crippen LogP contribution in [-0.2, 0) is 0 Å². The molecule has 4 heteroatoms. The lowest BCUT2D eigenvalue weighted by molar-refractivity contribution is 0.388. The molecule has 0 aliphatic carbocycles. The smallest absolute Gasteiger partial charge is 0.288 e. The van der Waals surface area contributed by atoms with Gasteiger partial charge in [0.1, 0.15) is 0 Å². The van der Waals surface area contributed by atoms with Crippen molar-refractivity contribution < 1.29 is 9.13 Å². The van der Waals surface area contributed by atoms with Gasteiger partial charge in [0.2, 0.25) is 5.82 Å². The number of methoxy groups -OCH3 is 1. The van der Waals surface area contributed by atoms with Gasteiger partial charge < -0.3 is 9.72 Å². The van der Waals surface area contributed by atoms with Crippen LogP contribution in [0.5, 0.6) is 5.75 Å². The molecule has 0 unspecified atom stereocenters. The molecule has 0 aliphatic heterocycles. The summed E-state index contributed by atoms with van der Waals surface area (Å²) in [4.78, 5) is 13.5. The van der Waals surface area contributed by atoms with Gasteiger partial charge in [-0.15, -0.1) is 0 Å². The Labute approximate surface area is 79.1 Å². The van der Waals surface area contributed by atoms with E-state index in [-0.39, 0.29) is 5.75 Å². The minimum atomic E-state index is -0.883. The zero-order valence-corrected chi connectivity index (χ0v) is 7.50. The van der Waals surface area contributed by atoms with E-state index in [0.29, 0.717) is 10.9 Å². The van der Waals surface area contributed by atoms with Crippen LogP contribution in [-0.4, -0.2) is 12.1 Å². The third kappa shape index (κ3) is 1.16. The van der Waals surface area contributed by atoms with Crippen molar-refractivity contribution in [3.63, 3.8) is 0 Å². The van der Waals surface area contributed by atoms with Gasteiger partial charge in [-0.2, -0.15) is 4.39 Å². The van der Waals surface area contributed by atoms with Crippen molar-refractivity contribution in [1.29, 1.82) is 0 Å². The number of hydrogen-bond acceptors (Lipinski definition) is 2. The first kappa shape index (κ1) is 8.74. The van der Waals surface area contributed by atoms with Crippen molar-refractivity contribution in [2.24, 2.45) is 0 Å². The minimum absolute atomic E-state index is 0.00986. The maximum Gasteiger partial charge on any atom is 0.288 e. The lowest BCUT2D eigenvalue weighted by Gasteiger charge is -2.05. The first-order valence-electron chi connectivity index (χ1n) is 4.08. The van der Waals surface area contributed by atoms with Gasteiger partial charge >= 0.3 is 0 Å². The number of rotatable bonds is 1. The molecule has 1 heterocycles. The second-order valence-electron chi connectivity index (χ2n) is 2.85. The van der Waals surface area contributed by atoms with Crippen LogP contribution >= 0.6 is 0 Å². The molecule has 0 spiro atoms. The summed E-state index contributed by atoms with van der Waals surface area (Å²) in [6.45, 7) is 0. The van der Waals surface area contributed by atoms with Gasteiger partial charge in [0.25, 0.3) is 5.56 Å². The van der Waals surface area contributed by atoms with E-state index in [4.69, 9.17) is 4.74 Å². The molecular weight excluding hydrogens is 185 g/mol. The van der Waals surface area contributed by atoms with Crippen molar-refractivity contribution in [2.75, 3.05) is 7.11 Å². The molecule has 14 heavy (non-hydrogen) atoms. The number of ether oxygens (including phenoxy) is 1. The third-order valence-corrected chi connectivity index (χ3v) is 2.02. The molecule has 0 aliphatic rings. The second kappa shape index (κ2) is 3.14. The second-order valence-corrected chi connectivity index (χ2v) is 2.85. The lowest BCUT2D eigenvalue weighted by atomic mass is 10.2. The first-order valence-corrected chi connectivity index (χ1v) is 4.08. The van der Waals surface area contributed by atoms with E-state index < -0.39 is 11.4 Å². The molecular formula is C10H8FNO2. The highest BCUT2D eigenvalue weighted by molar-refractivity contribution is 5.84. The van der Waals surface area contributed by atoms with Crippen LogP contribution in [0.25, 0.3) is 10.9 Å². The molecule has 1 N–H and O–H groups in total. The molecule has 2 rings (SSSR count). The molecule has 0 fully saturated rings. The number of para-hydroxylation sites is 1. The zero-order valence-electron chi connectivity index (χ0n) is 7.50. The Kier molecular flexibility index (Phi) is 1.96. The summed E-state index contributed by atoms with van der Waals surface area (Å²) in [7, 11) is 1.34. The molecule has 0 saturated heterocycles. The Hall–Kier alpha value is -1.84. The first-order chi connectivity index (χ1) is 6.74. The summed E-state index contributed by atoms with van der Waals surface area (Å²) < 4.78 is 18.1. The maximum absolute atomic E-state index is 13.3. The van der Waals surface area contributed by atoms with Crippen LogP contribution < -0.4 is 10.3 Å². The fourth-order valence-corrected chi connectivity index (χ4v) is 1.39. The van der Waals surface area contributed by atoms with E-state index in [1.54, 1.807) is 24.3 Å². The molecule has 0 radical (unpaired) electrons. The molecule has 2 aromatic rings. The Morgan fingerprint density at radius 1 is 1.36 bits per heavy atom. The molecule has 1 aromatic heterocycles. The van der Waals surface area contributed by atoms with Gasteiger partial charge in [-0.3, -0.25) is 4.79 Å². The summed E-state index contributed by atoms with van der Waals surface area (Å²) in [6, 6.07) is 6.89. The highest BCUT2D eigenvalue weighted by Gasteiger charge is 2.11. The maximum atomic E-state index is 13.3. The monoisotopic (exact) mass is 193 g/mol. The molecule has 0 amide bonds. The number of halogens is 1. The van der Waals surface area contributed by atoms with E-state index in [0.717, 1.165) is 0 Å². The number of nitrogens with one attached hydrogen (secondary N) is 1. The predicted octanol–water partition coefficient (Wildman–Crippen LogP) is 1.68. The van der Waals surface area contributed by atoms with Gasteiger partial charge in [0.15, 0.2) is 5.75 Å². The fourth-order valence-electron chi connectivity index (χ4n) is 1.39. The van der Waals surface area contributed by atoms with Gasteiger partial charge in [-0.25, -0.2) is 0 Å². The highest BCUT2D eigenvalue weighted by Crippen LogP contribution is 2.23. The van der Waals surface area contributed by atoms with Crippen LogP contribution in [0.15, 0.2) is 29.1 Å². The van der Waals surface area contributed by atoms with E-state index in [2.05, 4.69) is 4.98 Å². The Morgan fingerprint density at radius 2 is 2.07 bits per heavy atom. The average molecular weight is 193 g/mol. The number of aromatic nitrogens is 1. The van der Waals surface area contributed by atoms with Crippen molar-refractivity contribution in [3.8, 4) is 5.75 Å². The SMILES string of the molecule is COc1c(F)c(=O)[nH]c2ccccc12. The summed E-state index contributed by atoms with van der Waals surface area (Å²) >= 11 is 0. The average Bonchev–Trinajstić information content (AvgIpc) is 2.20. The van der Waals surface area contributed by atoms with Crippen molar-refractivity contribution in [1.82, 2.24) is 4.98 Å². The van der Waals surface area contributed by atoms with Crippen LogP contribution in [0.4, 0.5) is 4.39 Å². The fraction of sp³-hybridized carbons (Fsp3) is 0.100. The van der Waals surface area contributed by atoms with E-state index in [1.165, 1.54) is 7.11 Å². The molecule has 1 aromatic carbocycles. The van der Waals surface area contributed by atoms with Crippen molar-refractivity contribution in [3.05, 3.63) is 40.4 Å². The Bertz CT molecular complexity index is 533. The quantitative estimate of drug-likeness (QED) is 0.748. The molecule has 72 valence electrons. The number of hydrogen-bond donors (Lipinski definition) is 1.